The molecule has 0 amide bonds. The van der Waals surface area contributed by atoms with Crippen molar-refractivity contribution in [1.82, 2.24) is 24.5 Å². The van der Waals surface area contributed by atoms with Gasteiger partial charge < -0.3 is 9.69 Å². The Bertz CT molecular complexity index is 1930. The molecule has 0 radical (unpaired) electrons. The van der Waals surface area contributed by atoms with E-state index in [2.05, 4.69) is 80.6 Å². The molecule has 1 aliphatic heterocycles. The van der Waals surface area contributed by atoms with E-state index in [1.54, 1.807) is 0 Å². The summed E-state index contributed by atoms with van der Waals surface area (Å²) in [4.78, 5) is 30.5. The second-order valence-electron chi connectivity index (χ2n) is 15.4. The third-order valence-electron chi connectivity index (χ3n) is 10.9. The minimum atomic E-state index is 0.0459. The van der Waals surface area contributed by atoms with Gasteiger partial charge in [-0.2, -0.15) is 15.5 Å². The summed E-state index contributed by atoms with van der Waals surface area (Å²) in [7, 11) is 0. The van der Waals surface area contributed by atoms with E-state index in [4.69, 9.17) is 33.1 Å². The average molecular weight is 798 g/mol. The minimum absolute atomic E-state index is 0.0459. The Balaban J connectivity index is 1.76. The van der Waals surface area contributed by atoms with Crippen molar-refractivity contribution in [3.05, 3.63) is 70.2 Å². The normalized spacial score (nSPS) is 12.4. The molecule has 1 aliphatic rings. The Morgan fingerprint density at radius 3 is 1.54 bits per heavy atom. The molecule has 0 bridgehead atoms. The number of anilines is 2. The number of hydrogen-bond donors (Lipinski definition) is 0. The Morgan fingerprint density at radius 1 is 0.576 bits per heavy atom. The zero-order chi connectivity index (χ0) is 42.2. The molecule has 0 saturated heterocycles. The first-order valence-corrected chi connectivity index (χ1v) is 22.4. The molecule has 12 heteroatoms. The standard InChI is InChI=1S/C47H65N12/c1-7-11-15-19-26-32-56-40(57(33-27-20-16-12-8-2)45-44(56)52-38(36-48)39(37-49)53-45)30-24-23-25-31-41-58(34-28-21-17-13-9-3)46-47(55-43(51-6)42(50-5)54-46)59(41)35-29-22-18-14-10-4/h23-25,30-31H,7-22,26-29,32-35H2,1-4H3/q+1. The largest absolute Gasteiger partial charge is 0.370 e. The van der Waals surface area contributed by atoms with Crippen LogP contribution in [0.5, 0.6) is 0 Å². The number of allylic oxidation sites excluding steroid dienone is 4. The quantitative estimate of drug-likeness (QED) is 0.0323. The highest BCUT2D eigenvalue weighted by Crippen LogP contribution is 2.43. The highest BCUT2D eigenvalue weighted by atomic mass is 15.4. The molecule has 0 saturated carbocycles. The SMILES string of the molecule is [C-]#[N+]c1nc2c(nc1[N+]#[C-])N(CCCCCCC)C(=CC=CC=Cc1n(CCCCCCC)c3nc(C#N)c(C#N)nc3[n+]1CCCCCCC)N2CCCCCCC. The van der Waals surface area contributed by atoms with Gasteiger partial charge in [-0.15, -0.1) is 9.97 Å². The van der Waals surface area contributed by atoms with E-state index in [0.29, 0.717) is 22.9 Å². The van der Waals surface area contributed by atoms with Crippen LogP contribution in [0.1, 0.15) is 173 Å². The van der Waals surface area contributed by atoms with Crippen molar-refractivity contribution in [2.24, 2.45) is 0 Å². The molecule has 59 heavy (non-hydrogen) atoms. The number of unbranched alkanes of at least 4 members (excludes halogenated alkanes) is 16. The molecule has 3 aromatic heterocycles. The molecular weight excluding hydrogens is 733 g/mol. The molecule has 4 rings (SSSR count). The van der Waals surface area contributed by atoms with Crippen LogP contribution in [0.15, 0.2) is 30.1 Å². The van der Waals surface area contributed by atoms with Gasteiger partial charge in [0.15, 0.2) is 5.69 Å². The van der Waals surface area contributed by atoms with Crippen molar-refractivity contribution < 1.29 is 4.57 Å². The highest BCUT2D eigenvalue weighted by Gasteiger charge is 2.40. The molecule has 0 atom stereocenters. The fraction of sp³-hybridized carbons (Fsp3) is 0.596. The van der Waals surface area contributed by atoms with Gasteiger partial charge in [-0.05, 0) is 31.8 Å². The molecule has 12 nitrogen and oxygen atoms in total. The van der Waals surface area contributed by atoms with E-state index < -0.39 is 0 Å². The summed E-state index contributed by atoms with van der Waals surface area (Å²) in [6.45, 7) is 27.3. The lowest BCUT2D eigenvalue weighted by Crippen LogP contribution is -2.37. The van der Waals surface area contributed by atoms with Crippen molar-refractivity contribution in [3.63, 3.8) is 0 Å². The molecule has 0 aromatic carbocycles. The average Bonchev–Trinajstić information content (AvgIpc) is 3.70. The Kier molecular flexibility index (Phi) is 20.1. The first kappa shape index (κ1) is 46.1. The Labute approximate surface area is 353 Å². The van der Waals surface area contributed by atoms with Crippen molar-refractivity contribution in [2.45, 2.75) is 169 Å². The van der Waals surface area contributed by atoms with Gasteiger partial charge in [0.2, 0.25) is 5.82 Å². The number of nitriles is 2. The summed E-state index contributed by atoms with van der Waals surface area (Å²) in [5.41, 5.74) is 1.39. The minimum Gasteiger partial charge on any atom is -0.370 e. The second kappa shape index (κ2) is 25.7. The fourth-order valence-electron chi connectivity index (χ4n) is 7.66. The molecule has 0 spiro atoms. The number of nitrogens with zero attached hydrogens (tertiary/aromatic N) is 12. The van der Waals surface area contributed by atoms with Gasteiger partial charge in [0, 0.05) is 19.2 Å². The molecule has 0 fully saturated rings. The smallest absolute Gasteiger partial charge is 0.324 e. The van der Waals surface area contributed by atoms with Crippen LogP contribution in [0.2, 0.25) is 0 Å². The van der Waals surface area contributed by atoms with Crippen LogP contribution >= 0.6 is 0 Å². The lowest BCUT2D eigenvalue weighted by Gasteiger charge is -2.22. The van der Waals surface area contributed by atoms with Gasteiger partial charge in [0.05, 0.1) is 13.1 Å². The summed E-state index contributed by atoms with van der Waals surface area (Å²) >= 11 is 0. The van der Waals surface area contributed by atoms with Gasteiger partial charge >= 0.3 is 5.65 Å². The predicted octanol–water partition coefficient (Wildman–Crippen LogP) is 12.0. The molecule has 3 aromatic rings. The maximum atomic E-state index is 9.89. The molecule has 0 N–H and O–H groups in total. The first-order chi connectivity index (χ1) is 29.0. The molecule has 312 valence electrons. The van der Waals surface area contributed by atoms with Crippen LogP contribution in [-0.2, 0) is 13.1 Å². The lowest BCUT2D eigenvalue weighted by atomic mass is 10.1. The van der Waals surface area contributed by atoms with Crippen molar-refractivity contribution in [1.29, 1.82) is 10.5 Å². The summed E-state index contributed by atoms with van der Waals surface area (Å²) in [6, 6.07) is 4.20. The van der Waals surface area contributed by atoms with E-state index in [1.165, 1.54) is 77.0 Å². The number of aromatic nitrogens is 6. The molecule has 0 unspecified atom stereocenters. The third kappa shape index (κ3) is 12.7. The van der Waals surface area contributed by atoms with Gasteiger partial charge in [0.25, 0.3) is 34.6 Å². The monoisotopic (exact) mass is 798 g/mol. The summed E-state index contributed by atoms with van der Waals surface area (Å²) in [5, 5.41) is 19.8. The van der Waals surface area contributed by atoms with Gasteiger partial charge in [-0.3, -0.25) is 9.80 Å². The van der Waals surface area contributed by atoms with Crippen molar-refractivity contribution in [2.75, 3.05) is 22.9 Å². The van der Waals surface area contributed by atoms with E-state index in [9.17, 15) is 10.5 Å². The second-order valence-corrected chi connectivity index (χ2v) is 15.4. The van der Waals surface area contributed by atoms with Crippen LogP contribution < -0.4 is 14.4 Å². The van der Waals surface area contributed by atoms with Gasteiger partial charge in [-0.1, -0.05) is 167 Å². The van der Waals surface area contributed by atoms with Gasteiger partial charge in [0.1, 0.15) is 18.0 Å². The van der Waals surface area contributed by atoms with Gasteiger partial charge in [-0.25, -0.2) is 9.13 Å². The third-order valence-corrected chi connectivity index (χ3v) is 10.9. The Morgan fingerprint density at radius 2 is 1.05 bits per heavy atom. The number of hydrogen-bond acceptors (Lipinski definition) is 8. The fourth-order valence-corrected chi connectivity index (χ4v) is 7.66. The number of imidazole rings is 1. The summed E-state index contributed by atoms with van der Waals surface area (Å²) < 4.78 is 4.36. The number of fused-ring (bicyclic) bond motifs is 2. The lowest BCUT2D eigenvalue weighted by molar-refractivity contribution is -0.676. The molecular formula is C47H65N12+. The number of aryl methyl sites for hydroxylation is 2. The van der Waals surface area contributed by atoms with Crippen LogP contribution in [0.3, 0.4) is 0 Å². The number of rotatable bonds is 27. The first-order valence-electron chi connectivity index (χ1n) is 22.4. The molecule has 0 aliphatic carbocycles. The van der Waals surface area contributed by atoms with E-state index >= 15 is 0 Å². The molecule has 4 heterocycles. The predicted molar refractivity (Wildman–Crippen MR) is 238 cm³/mol. The summed E-state index contributed by atoms with van der Waals surface area (Å²) in [6.07, 6.45) is 32.8. The van der Waals surface area contributed by atoms with Crippen LogP contribution in [-0.4, -0.2) is 37.6 Å². The zero-order valence-electron chi connectivity index (χ0n) is 36.2. The van der Waals surface area contributed by atoms with E-state index in [0.717, 1.165) is 89.2 Å². The van der Waals surface area contributed by atoms with Crippen LogP contribution in [0.25, 0.3) is 27.1 Å². The van der Waals surface area contributed by atoms with Crippen LogP contribution in [0, 0.1) is 35.8 Å². The topological polar surface area (TPSA) is 123 Å². The van der Waals surface area contributed by atoms with E-state index in [1.807, 2.05) is 18.2 Å². The van der Waals surface area contributed by atoms with E-state index in [-0.39, 0.29) is 23.0 Å². The highest BCUT2D eigenvalue weighted by molar-refractivity contribution is 5.81. The Hall–Kier alpha value is -5.59. The summed E-state index contributed by atoms with van der Waals surface area (Å²) in [5.74, 6) is 3.30. The maximum Gasteiger partial charge on any atom is 0.324 e. The van der Waals surface area contributed by atoms with Crippen molar-refractivity contribution >= 4 is 40.6 Å². The van der Waals surface area contributed by atoms with Crippen LogP contribution in [0.4, 0.5) is 23.3 Å². The maximum absolute atomic E-state index is 9.89. The zero-order valence-corrected chi connectivity index (χ0v) is 36.2. The van der Waals surface area contributed by atoms with Crippen molar-refractivity contribution in [3.8, 4) is 12.1 Å².